The first-order valence-corrected chi connectivity index (χ1v) is 8.23. The van der Waals surface area contributed by atoms with Crippen LogP contribution < -0.4 is 4.80 Å². The molecule has 0 atom stereocenters. The highest BCUT2D eigenvalue weighted by Gasteiger charge is 2.16. The molecular formula is C15H15BrN2O3S. The third-order valence-electron chi connectivity index (χ3n) is 3.04. The summed E-state index contributed by atoms with van der Waals surface area (Å²) < 4.78 is 7.54. The van der Waals surface area contributed by atoms with Crippen LogP contribution in [0, 0.1) is 6.92 Å². The van der Waals surface area contributed by atoms with Gasteiger partial charge < -0.3 is 9.30 Å². The Morgan fingerprint density at radius 2 is 2.14 bits per heavy atom. The fourth-order valence-corrected chi connectivity index (χ4v) is 3.20. The Hall–Kier alpha value is -1.73. The van der Waals surface area contributed by atoms with E-state index in [1.54, 1.807) is 43.7 Å². The molecule has 1 aromatic carbocycles. The number of amides is 1. The van der Waals surface area contributed by atoms with E-state index >= 15 is 0 Å². The molecule has 22 heavy (non-hydrogen) atoms. The Morgan fingerprint density at radius 3 is 2.77 bits per heavy atom. The minimum atomic E-state index is -0.392. The monoisotopic (exact) mass is 382 g/mol. The average Bonchev–Trinajstić information content (AvgIpc) is 2.76. The van der Waals surface area contributed by atoms with Crippen LogP contribution >= 0.6 is 27.3 Å². The van der Waals surface area contributed by atoms with Gasteiger partial charge in [-0.15, -0.1) is 0 Å². The standard InChI is InChI=1S/C15H15BrN2O3S/c1-4-21-14(20)12-9(2)18(3)15(22-12)17-13(19)10-6-5-7-11(16)8-10/h5-8H,4H2,1-3H3. The van der Waals surface area contributed by atoms with Gasteiger partial charge in [0.25, 0.3) is 5.91 Å². The van der Waals surface area contributed by atoms with Gasteiger partial charge in [-0.05, 0) is 32.0 Å². The molecule has 0 radical (unpaired) electrons. The summed E-state index contributed by atoms with van der Waals surface area (Å²) in [6.07, 6.45) is 0. The van der Waals surface area contributed by atoms with Crippen LogP contribution in [0.1, 0.15) is 32.6 Å². The molecule has 0 N–H and O–H groups in total. The van der Waals surface area contributed by atoms with Crippen molar-refractivity contribution in [3.8, 4) is 0 Å². The van der Waals surface area contributed by atoms with Gasteiger partial charge >= 0.3 is 5.97 Å². The largest absolute Gasteiger partial charge is 0.462 e. The van der Waals surface area contributed by atoms with Crippen molar-refractivity contribution in [3.05, 3.63) is 49.7 Å². The second-order valence-corrected chi connectivity index (χ2v) is 6.40. The predicted octanol–water partition coefficient (Wildman–Crippen LogP) is 3.08. The number of aromatic nitrogens is 1. The van der Waals surface area contributed by atoms with Crippen LogP contribution in [-0.2, 0) is 11.8 Å². The number of nitrogens with zero attached hydrogens (tertiary/aromatic N) is 2. The molecule has 2 aromatic rings. The van der Waals surface area contributed by atoms with Crippen molar-refractivity contribution in [2.24, 2.45) is 12.0 Å². The predicted molar refractivity (Wildman–Crippen MR) is 88.0 cm³/mol. The van der Waals surface area contributed by atoms with E-state index in [1.807, 2.05) is 6.07 Å². The summed E-state index contributed by atoms with van der Waals surface area (Å²) in [5, 5.41) is 0. The number of ether oxygens (including phenoxy) is 1. The topological polar surface area (TPSA) is 60.7 Å². The van der Waals surface area contributed by atoms with E-state index in [9.17, 15) is 9.59 Å². The van der Waals surface area contributed by atoms with E-state index in [1.165, 1.54) is 0 Å². The smallest absolute Gasteiger partial charge is 0.350 e. The summed E-state index contributed by atoms with van der Waals surface area (Å²) in [5.74, 6) is -0.745. The first kappa shape index (κ1) is 16.6. The number of esters is 1. The molecule has 1 heterocycles. The molecule has 0 spiro atoms. The van der Waals surface area contributed by atoms with E-state index < -0.39 is 5.97 Å². The van der Waals surface area contributed by atoms with Crippen molar-refractivity contribution < 1.29 is 14.3 Å². The molecule has 0 fully saturated rings. The molecule has 0 saturated heterocycles. The zero-order valence-corrected chi connectivity index (χ0v) is 14.8. The zero-order valence-electron chi connectivity index (χ0n) is 12.4. The van der Waals surface area contributed by atoms with Gasteiger partial charge in [-0.25, -0.2) is 4.79 Å². The quantitative estimate of drug-likeness (QED) is 0.766. The Bertz CT molecular complexity index is 792. The molecule has 5 nitrogen and oxygen atoms in total. The average molecular weight is 383 g/mol. The maximum atomic E-state index is 12.2. The molecule has 0 unspecified atom stereocenters. The summed E-state index contributed by atoms with van der Waals surface area (Å²) in [6.45, 7) is 3.86. The van der Waals surface area contributed by atoms with Gasteiger partial charge in [0.2, 0.25) is 0 Å². The molecule has 1 aromatic heterocycles. The van der Waals surface area contributed by atoms with Crippen LogP contribution in [0.25, 0.3) is 0 Å². The van der Waals surface area contributed by atoms with Gasteiger partial charge in [0.1, 0.15) is 4.88 Å². The number of hydrogen-bond acceptors (Lipinski definition) is 4. The van der Waals surface area contributed by atoms with Crippen LogP contribution in [0.3, 0.4) is 0 Å². The van der Waals surface area contributed by atoms with E-state index in [-0.39, 0.29) is 5.91 Å². The van der Waals surface area contributed by atoms with Crippen LogP contribution in [0.15, 0.2) is 33.7 Å². The highest BCUT2D eigenvalue weighted by atomic mass is 79.9. The maximum absolute atomic E-state index is 12.2. The summed E-state index contributed by atoms with van der Waals surface area (Å²) in [6, 6.07) is 7.02. The van der Waals surface area contributed by atoms with Crippen molar-refractivity contribution in [3.63, 3.8) is 0 Å². The fourth-order valence-electron chi connectivity index (χ4n) is 1.79. The molecule has 0 aliphatic rings. The van der Waals surface area contributed by atoms with Crippen LogP contribution in [0.5, 0.6) is 0 Å². The lowest BCUT2D eigenvalue weighted by Gasteiger charge is -2.00. The molecule has 7 heteroatoms. The van der Waals surface area contributed by atoms with E-state index in [2.05, 4.69) is 20.9 Å². The Morgan fingerprint density at radius 1 is 1.41 bits per heavy atom. The minimum absolute atomic E-state index is 0.309. The number of carbonyl (C=O) groups is 2. The highest BCUT2D eigenvalue weighted by molar-refractivity contribution is 9.10. The SMILES string of the molecule is CCOC(=O)c1sc(=NC(=O)c2cccc(Br)c2)n(C)c1C. The molecule has 0 saturated carbocycles. The molecule has 2 rings (SSSR count). The summed E-state index contributed by atoms with van der Waals surface area (Å²) >= 11 is 4.48. The number of hydrogen-bond donors (Lipinski definition) is 0. The molecule has 0 aliphatic carbocycles. The third-order valence-corrected chi connectivity index (χ3v) is 4.75. The second-order valence-electron chi connectivity index (χ2n) is 4.51. The first-order valence-electron chi connectivity index (χ1n) is 6.62. The lowest BCUT2D eigenvalue weighted by molar-refractivity contribution is 0.0530. The van der Waals surface area contributed by atoms with Crippen molar-refractivity contribution in [2.45, 2.75) is 13.8 Å². The fraction of sp³-hybridized carbons (Fsp3) is 0.267. The van der Waals surface area contributed by atoms with Gasteiger partial charge in [0.15, 0.2) is 4.80 Å². The third kappa shape index (κ3) is 3.53. The lowest BCUT2D eigenvalue weighted by atomic mass is 10.2. The lowest BCUT2D eigenvalue weighted by Crippen LogP contribution is -2.14. The normalized spacial score (nSPS) is 11.5. The van der Waals surface area contributed by atoms with E-state index in [0.29, 0.717) is 21.8 Å². The van der Waals surface area contributed by atoms with Crippen molar-refractivity contribution in [1.82, 2.24) is 4.57 Å². The first-order chi connectivity index (χ1) is 10.4. The molecule has 0 aliphatic heterocycles. The highest BCUT2D eigenvalue weighted by Crippen LogP contribution is 2.14. The Kier molecular flexibility index (Phi) is 5.31. The Balaban J connectivity index is 2.42. The Labute approximate surface area is 140 Å². The zero-order chi connectivity index (χ0) is 16.3. The van der Waals surface area contributed by atoms with Gasteiger partial charge in [0.05, 0.1) is 6.61 Å². The van der Waals surface area contributed by atoms with Gasteiger partial charge in [-0.1, -0.05) is 33.3 Å². The number of carbonyl (C=O) groups excluding carboxylic acids is 2. The van der Waals surface area contributed by atoms with Gasteiger partial charge in [0, 0.05) is 22.8 Å². The van der Waals surface area contributed by atoms with Crippen LogP contribution in [0.4, 0.5) is 0 Å². The van der Waals surface area contributed by atoms with Crippen molar-refractivity contribution in [2.75, 3.05) is 6.61 Å². The number of halogens is 1. The second kappa shape index (κ2) is 7.02. The number of rotatable bonds is 3. The summed E-state index contributed by atoms with van der Waals surface area (Å²) in [5.41, 5.74) is 1.21. The number of benzene rings is 1. The summed E-state index contributed by atoms with van der Waals surface area (Å²) in [4.78, 5) is 29.1. The molecule has 1 amide bonds. The molecular weight excluding hydrogens is 368 g/mol. The van der Waals surface area contributed by atoms with Crippen molar-refractivity contribution >= 4 is 39.1 Å². The van der Waals surface area contributed by atoms with Crippen LogP contribution in [-0.4, -0.2) is 23.1 Å². The van der Waals surface area contributed by atoms with Gasteiger partial charge in [-0.3, -0.25) is 4.79 Å². The van der Waals surface area contributed by atoms with Crippen molar-refractivity contribution in [1.29, 1.82) is 0 Å². The van der Waals surface area contributed by atoms with Crippen LogP contribution in [0.2, 0.25) is 0 Å². The minimum Gasteiger partial charge on any atom is -0.462 e. The maximum Gasteiger partial charge on any atom is 0.350 e. The molecule has 0 bridgehead atoms. The summed E-state index contributed by atoms with van der Waals surface area (Å²) in [7, 11) is 1.77. The number of thiazole rings is 1. The molecule has 116 valence electrons. The van der Waals surface area contributed by atoms with E-state index in [0.717, 1.165) is 21.5 Å². The van der Waals surface area contributed by atoms with E-state index in [4.69, 9.17) is 4.74 Å². The van der Waals surface area contributed by atoms with Gasteiger partial charge in [-0.2, -0.15) is 4.99 Å².